The molecule has 8 unspecified atom stereocenters. The summed E-state index contributed by atoms with van der Waals surface area (Å²) in [5.41, 5.74) is 1.82. The molecule has 4 heteroatoms. The summed E-state index contributed by atoms with van der Waals surface area (Å²) < 4.78 is 11.5. The zero-order chi connectivity index (χ0) is 19.0. The van der Waals surface area contributed by atoms with Crippen LogP contribution in [-0.2, 0) is 19.1 Å². The van der Waals surface area contributed by atoms with Gasteiger partial charge < -0.3 is 9.47 Å². The number of epoxide rings is 1. The lowest BCUT2D eigenvalue weighted by molar-refractivity contribution is -0.141. The average molecular weight is 373 g/mol. The van der Waals surface area contributed by atoms with Crippen molar-refractivity contribution in [3.05, 3.63) is 11.6 Å². The van der Waals surface area contributed by atoms with Crippen LogP contribution < -0.4 is 0 Å². The van der Waals surface area contributed by atoms with Crippen LogP contribution in [0.1, 0.15) is 65.7 Å². The lowest BCUT2D eigenvalue weighted by Crippen LogP contribution is -2.53. The molecule has 5 rings (SSSR count). The smallest absolute Gasteiger partial charge is 0.302 e. The van der Waals surface area contributed by atoms with Crippen LogP contribution in [-0.4, -0.2) is 30.6 Å². The van der Waals surface area contributed by atoms with Gasteiger partial charge in [0, 0.05) is 13.3 Å². The molecule has 27 heavy (non-hydrogen) atoms. The molecule has 1 saturated heterocycles. The van der Waals surface area contributed by atoms with Crippen molar-refractivity contribution in [2.75, 3.05) is 6.61 Å². The summed E-state index contributed by atoms with van der Waals surface area (Å²) in [4.78, 5) is 23.2. The molecule has 0 aromatic carbocycles. The Labute approximate surface area is 162 Å². The maximum atomic E-state index is 12.0. The first-order valence-electron chi connectivity index (χ1n) is 10.9. The number of hydrogen-bond donors (Lipinski definition) is 0. The van der Waals surface area contributed by atoms with Crippen molar-refractivity contribution in [3.63, 3.8) is 0 Å². The standard InChI is InChI=1S/C23H32O4/c1-13(24)26-11-8-14-4-5-16-19-17(7-10-22(14,16)2)23(3)9-6-15(25)12-18(23)20-21(19)27-20/h12,14,16-17,19-21H,4-11H2,1-3H3. The van der Waals surface area contributed by atoms with Crippen molar-refractivity contribution < 1.29 is 19.1 Å². The summed E-state index contributed by atoms with van der Waals surface area (Å²) in [5.74, 6) is 2.79. The van der Waals surface area contributed by atoms with Crippen molar-refractivity contribution in [2.24, 2.45) is 34.5 Å². The Hall–Kier alpha value is -1.16. The van der Waals surface area contributed by atoms with E-state index in [1.165, 1.54) is 38.2 Å². The van der Waals surface area contributed by atoms with Crippen molar-refractivity contribution >= 4 is 11.8 Å². The first-order chi connectivity index (χ1) is 12.8. The van der Waals surface area contributed by atoms with Crippen molar-refractivity contribution in [3.8, 4) is 0 Å². The van der Waals surface area contributed by atoms with E-state index >= 15 is 0 Å². The summed E-state index contributed by atoms with van der Waals surface area (Å²) in [6.45, 7) is 6.97. The second-order valence-electron chi connectivity index (χ2n) is 10.2. The molecule has 4 nitrogen and oxygen atoms in total. The summed E-state index contributed by atoms with van der Waals surface area (Å²) in [6.07, 6.45) is 10.2. The number of fused-ring (bicyclic) bond motifs is 8. The van der Waals surface area contributed by atoms with Gasteiger partial charge in [-0.2, -0.15) is 0 Å². The fourth-order valence-electron chi connectivity index (χ4n) is 7.74. The minimum Gasteiger partial charge on any atom is -0.466 e. The fourth-order valence-corrected chi connectivity index (χ4v) is 7.74. The van der Waals surface area contributed by atoms with E-state index in [-0.39, 0.29) is 17.5 Å². The third-order valence-corrected chi connectivity index (χ3v) is 9.20. The minimum atomic E-state index is -0.168. The summed E-state index contributed by atoms with van der Waals surface area (Å²) in [7, 11) is 0. The monoisotopic (exact) mass is 372 g/mol. The molecule has 0 N–H and O–H groups in total. The van der Waals surface area contributed by atoms with Crippen LogP contribution in [0.3, 0.4) is 0 Å². The van der Waals surface area contributed by atoms with Crippen LogP contribution in [0.2, 0.25) is 0 Å². The highest BCUT2D eigenvalue weighted by molar-refractivity contribution is 5.92. The van der Waals surface area contributed by atoms with Gasteiger partial charge in [-0.1, -0.05) is 13.8 Å². The van der Waals surface area contributed by atoms with Crippen molar-refractivity contribution in [1.82, 2.24) is 0 Å². The van der Waals surface area contributed by atoms with Crippen molar-refractivity contribution in [1.29, 1.82) is 0 Å². The lowest BCUT2D eigenvalue weighted by atomic mass is 9.47. The molecule has 0 aromatic rings. The Morgan fingerprint density at radius 1 is 1.22 bits per heavy atom. The normalized spacial score (nSPS) is 50.0. The molecule has 4 aliphatic carbocycles. The number of carbonyl (C=O) groups excluding carboxylic acids is 2. The molecule has 0 amide bonds. The first-order valence-corrected chi connectivity index (χ1v) is 10.9. The number of hydrogen-bond acceptors (Lipinski definition) is 4. The second kappa shape index (κ2) is 5.92. The Balaban J connectivity index is 1.40. The highest BCUT2D eigenvalue weighted by Crippen LogP contribution is 2.70. The van der Waals surface area contributed by atoms with Crippen molar-refractivity contribution in [2.45, 2.75) is 77.9 Å². The first kappa shape index (κ1) is 17.9. The lowest BCUT2D eigenvalue weighted by Gasteiger charge is -2.56. The number of rotatable bonds is 3. The zero-order valence-corrected chi connectivity index (χ0v) is 16.8. The molecule has 0 aromatic heterocycles. The third-order valence-electron chi connectivity index (χ3n) is 9.20. The van der Waals surface area contributed by atoms with Crippen LogP contribution in [0.25, 0.3) is 0 Å². The predicted molar refractivity (Wildman–Crippen MR) is 101 cm³/mol. The molecular formula is C23H32O4. The van der Waals surface area contributed by atoms with Gasteiger partial charge in [-0.05, 0) is 84.7 Å². The number of ether oxygens (including phenoxy) is 2. The van der Waals surface area contributed by atoms with E-state index in [2.05, 4.69) is 13.8 Å². The number of ketones is 1. The molecule has 0 spiro atoms. The van der Waals surface area contributed by atoms with E-state index < -0.39 is 0 Å². The van der Waals surface area contributed by atoms with E-state index in [0.29, 0.717) is 54.0 Å². The van der Waals surface area contributed by atoms with Crippen LogP contribution in [0, 0.1) is 34.5 Å². The highest BCUT2D eigenvalue weighted by Gasteiger charge is 2.68. The number of carbonyl (C=O) groups is 2. The molecule has 0 radical (unpaired) electrons. The zero-order valence-electron chi connectivity index (χ0n) is 16.8. The molecule has 1 heterocycles. The Morgan fingerprint density at radius 3 is 2.81 bits per heavy atom. The van der Waals surface area contributed by atoms with Crippen LogP contribution >= 0.6 is 0 Å². The topological polar surface area (TPSA) is 55.9 Å². The van der Waals surface area contributed by atoms with Gasteiger partial charge in [0.15, 0.2) is 5.78 Å². The molecule has 8 atom stereocenters. The van der Waals surface area contributed by atoms with E-state index in [1.807, 2.05) is 6.08 Å². The van der Waals surface area contributed by atoms with Gasteiger partial charge in [0.05, 0.1) is 12.7 Å². The SMILES string of the molecule is CC(=O)OCCC1CCC2C3C4OC4C4=CC(=O)CCC4(C)C3CCC12C. The minimum absolute atomic E-state index is 0.160. The van der Waals surface area contributed by atoms with Gasteiger partial charge in [0.2, 0.25) is 0 Å². The quantitative estimate of drug-likeness (QED) is 0.553. The average Bonchev–Trinajstić information content (AvgIpc) is 3.33. The second-order valence-corrected chi connectivity index (χ2v) is 10.2. The van der Waals surface area contributed by atoms with E-state index in [4.69, 9.17) is 9.47 Å². The molecule has 0 bridgehead atoms. The molecular weight excluding hydrogens is 340 g/mol. The molecule has 3 saturated carbocycles. The maximum absolute atomic E-state index is 12.0. The van der Waals surface area contributed by atoms with E-state index in [9.17, 15) is 9.59 Å². The number of esters is 1. The van der Waals surface area contributed by atoms with E-state index in [0.717, 1.165) is 12.8 Å². The Morgan fingerprint density at radius 2 is 2.04 bits per heavy atom. The highest BCUT2D eigenvalue weighted by atomic mass is 16.6. The molecule has 1 aliphatic heterocycles. The van der Waals surface area contributed by atoms with Gasteiger partial charge in [0.25, 0.3) is 0 Å². The Bertz CT molecular complexity index is 711. The van der Waals surface area contributed by atoms with Gasteiger partial charge >= 0.3 is 5.97 Å². The largest absolute Gasteiger partial charge is 0.466 e. The van der Waals surface area contributed by atoms with Gasteiger partial charge in [-0.25, -0.2) is 0 Å². The van der Waals surface area contributed by atoms with Crippen LogP contribution in [0.4, 0.5) is 0 Å². The van der Waals surface area contributed by atoms with Gasteiger partial charge in [0.1, 0.15) is 6.10 Å². The van der Waals surface area contributed by atoms with Gasteiger partial charge in [-0.3, -0.25) is 9.59 Å². The fraction of sp³-hybridized carbons (Fsp3) is 0.826. The van der Waals surface area contributed by atoms with E-state index in [1.54, 1.807) is 0 Å². The summed E-state index contributed by atoms with van der Waals surface area (Å²) in [6, 6.07) is 0. The van der Waals surface area contributed by atoms with Crippen LogP contribution in [0.5, 0.6) is 0 Å². The maximum Gasteiger partial charge on any atom is 0.302 e. The molecule has 5 aliphatic rings. The Kier molecular flexibility index (Phi) is 3.93. The third kappa shape index (κ3) is 2.51. The summed E-state index contributed by atoms with van der Waals surface area (Å²) >= 11 is 0. The van der Waals surface area contributed by atoms with Crippen LogP contribution in [0.15, 0.2) is 11.6 Å². The van der Waals surface area contributed by atoms with Gasteiger partial charge in [-0.15, -0.1) is 0 Å². The predicted octanol–water partition coefficient (Wildman–Crippen LogP) is 4.07. The molecule has 4 fully saturated rings. The summed E-state index contributed by atoms with van der Waals surface area (Å²) in [5, 5.41) is 0. The molecule has 148 valence electrons.